The van der Waals surface area contributed by atoms with Crippen LogP contribution in [0, 0.1) is 18.6 Å². The average Bonchev–Trinajstić information content (AvgIpc) is 2.84. The highest BCUT2D eigenvalue weighted by molar-refractivity contribution is 8.18. The molecule has 0 aliphatic carbocycles. The van der Waals surface area contributed by atoms with E-state index in [-0.39, 0.29) is 11.5 Å². The van der Waals surface area contributed by atoms with Gasteiger partial charge in [0.2, 0.25) is 0 Å². The predicted molar refractivity (Wildman–Crippen MR) is 88.3 cm³/mol. The zero-order chi connectivity index (χ0) is 16.4. The van der Waals surface area contributed by atoms with E-state index in [9.17, 15) is 13.6 Å². The molecule has 116 valence electrons. The minimum atomic E-state index is -0.713. The third-order valence-corrected chi connectivity index (χ3v) is 4.07. The highest BCUT2D eigenvalue weighted by Crippen LogP contribution is 2.28. The molecule has 1 aliphatic heterocycles. The number of rotatable bonds is 2. The standard InChI is InChI=1S/C17H12F2N2OS/c1-10-2-6-13(7-3-10)20-17-21-16(22)15(23-17)8-11-4-5-12(18)9-14(11)19/h2-9H,1H3,(H,20,21,22)/b15-8+. The number of carbonyl (C=O) groups excluding carboxylic acids is 1. The number of benzene rings is 2. The van der Waals surface area contributed by atoms with Gasteiger partial charge in [0.05, 0.1) is 10.6 Å². The molecule has 23 heavy (non-hydrogen) atoms. The van der Waals surface area contributed by atoms with Crippen LogP contribution in [0.25, 0.3) is 6.08 Å². The predicted octanol–water partition coefficient (Wildman–Crippen LogP) is 4.16. The number of aryl methyl sites for hydroxylation is 1. The molecular formula is C17H12F2N2OS. The molecular weight excluding hydrogens is 318 g/mol. The van der Waals surface area contributed by atoms with E-state index in [0.717, 1.165) is 29.5 Å². The van der Waals surface area contributed by atoms with Crippen molar-refractivity contribution in [2.45, 2.75) is 6.92 Å². The lowest BCUT2D eigenvalue weighted by atomic mass is 10.2. The first-order valence-corrected chi connectivity index (χ1v) is 7.64. The van der Waals surface area contributed by atoms with Crippen LogP contribution in [-0.2, 0) is 4.79 Å². The zero-order valence-electron chi connectivity index (χ0n) is 12.1. The van der Waals surface area contributed by atoms with Crippen LogP contribution in [0.2, 0.25) is 0 Å². The number of amidine groups is 1. The first kappa shape index (κ1) is 15.4. The van der Waals surface area contributed by atoms with Crippen LogP contribution in [-0.4, -0.2) is 11.1 Å². The fourth-order valence-electron chi connectivity index (χ4n) is 1.98. The Labute approximate surface area is 136 Å². The van der Waals surface area contributed by atoms with Crippen molar-refractivity contribution in [1.82, 2.24) is 5.32 Å². The number of thioether (sulfide) groups is 1. The summed E-state index contributed by atoms with van der Waals surface area (Å²) in [6.45, 7) is 1.97. The van der Waals surface area contributed by atoms with Gasteiger partial charge in [-0.2, -0.15) is 0 Å². The lowest BCUT2D eigenvalue weighted by molar-refractivity contribution is -0.115. The van der Waals surface area contributed by atoms with E-state index in [1.54, 1.807) is 0 Å². The van der Waals surface area contributed by atoms with Crippen molar-refractivity contribution in [1.29, 1.82) is 0 Å². The Hall–Kier alpha value is -2.47. The quantitative estimate of drug-likeness (QED) is 0.840. The summed E-state index contributed by atoms with van der Waals surface area (Å²) in [5.74, 6) is -1.73. The molecule has 6 heteroatoms. The van der Waals surface area contributed by atoms with E-state index in [1.165, 1.54) is 12.1 Å². The molecule has 3 nitrogen and oxygen atoms in total. The summed E-state index contributed by atoms with van der Waals surface area (Å²) in [4.78, 5) is 16.6. The molecule has 2 aromatic rings. The Kier molecular flexibility index (Phi) is 4.25. The second-order valence-corrected chi connectivity index (χ2v) is 6.01. The molecule has 1 aliphatic rings. The summed E-state index contributed by atoms with van der Waals surface area (Å²) in [5.41, 5.74) is 1.98. The molecule has 0 aromatic heterocycles. The van der Waals surface area contributed by atoms with Gasteiger partial charge in [-0.15, -0.1) is 0 Å². The van der Waals surface area contributed by atoms with Gasteiger partial charge in [-0.3, -0.25) is 4.79 Å². The fraction of sp³-hybridized carbons (Fsp3) is 0.0588. The molecule has 0 saturated carbocycles. The van der Waals surface area contributed by atoms with Crippen LogP contribution in [0.4, 0.5) is 14.5 Å². The maximum atomic E-state index is 13.7. The molecule has 0 bridgehead atoms. The Bertz CT molecular complexity index is 829. The summed E-state index contributed by atoms with van der Waals surface area (Å²) < 4.78 is 26.6. The maximum Gasteiger partial charge on any atom is 0.264 e. The summed E-state index contributed by atoms with van der Waals surface area (Å²) in [5, 5.41) is 3.05. The Morgan fingerprint density at radius 1 is 1.13 bits per heavy atom. The van der Waals surface area contributed by atoms with Crippen molar-refractivity contribution in [2.24, 2.45) is 4.99 Å². The first-order valence-electron chi connectivity index (χ1n) is 6.82. The summed E-state index contributed by atoms with van der Waals surface area (Å²) in [7, 11) is 0. The van der Waals surface area contributed by atoms with Gasteiger partial charge in [-0.25, -0.2) is 13.8 Å². The molecule has 1 saturated heterocycles. The monoisotopic (exact) mass is 330 g/mol. The summed E-state index contributed by atoms with van der Waals surface area (Å²) in [6.07, 6.45) is 1.38. The smallest absolute Gasteiger partial charge is 0.264 e. The van der Waals surface area contributed by atoms with Gasteiger partial charge in [0.15, 0.2) is 5.17 Å². The molecule has 3 rings (SSSR count). The summed E-state index contributed by atoms with van der Waals surface area (Å²) >= 11 is 1.12. The molecule has 1 fully saturated rings. The number of amides is 1. The topological polar surface area (TPSA) is 41.5 Å². The molecule has 1 amide bonds. The number of nitrogens with zero attached hydrogens (tertiary/aromatic N) is 1. The molecule has 0 unspecified atom stereocenters. The number of hydrogen-bond donors (Lipinski definition) is 1. The normalized spacial score (nSPS) is 17.8. The van der Waals surface area contributed by atoms with Crippen LogP contribution < -0.4 is 5.32 Å². The minimum Gasteiger partial charge on any atom is -0.300 e. The number of hydrogen-bond acceptors (Lipinski definition) is 3. The number of carbonyl (C=O) groups is 1. The lowest BCUT2D eigenvalue weighted by Gasteiger charge is -1.98. The van der Waals surface area contributed by atoms with Crippen molar-refractivity contribution < 1.29 is 13.6 Å². The Morgan fingerprint density at radius 3 is 2.57 bits per heavy atom. The van der Waals surface area contributed by atoms with E-state index < -0.39 is 11.6 Å². The Balaban J connectivity index is 1.84. The minimum absolute atomic E-state index is 0.153. The van der Waals surface area contributed by atoms with Crippen LogP contribution in [0.15, 0.2) is 52.4 Å². The van der Waals surface area contributed by atoms with Gasteiger partial charge in [0.1, 0.15) is 11.6 Å². The zero-order valence-corrected chi connectivity index (χ0v) is 13.0. The summed E-state index contributed by atoms with van der Waals surface area (Å²) in [6, 6.07) is 10.8. The SMILES string of the molecule is Cc1ccc(N=C2NC(=O)/C(=C\c3ccc(F)cc3F)S2)cc1. The van der Waals surface area contributed by atoms with Crippen molar-refractivity contribution in [2.75, 3.05) is 0 Å². The van der Waals surface area contributed by atoms with E-state index in [0.29, 0.717) is 15.8 Å². The van der Waals surface area contributed by atoms with Crippen LogP contribution in [0.1, 0.15) is 11.1 Å². The fourth-order valence-corrected chi connectivity index (χ4v) is 2.81. The van der Waals surface area contributed by atoms with Gasteiger partial charge in [0.25, 0.3) is 5.91 Å². The van der Waals surface area contributed by atoms with Crippen molar-refractivity contribution in [3.8, 4) is 0 Å². The van der Waals surface area contributed by atoms with Crippen molar-refractivity contribution >= 4 is 34.6 Å². The average molecular weight is 330 g/mol. The third-order valence-electron chi connectivity index (χ3n) is 3.16. The third kappa shape index (κ3) is 3.65. The molecule has 1 heterocycles. The van der Waals surface area contributed by atoms with Crippen LogP contribution in [0.5, 0.6) is 0 Å². The van der Waals surface area contributed by atoms with Gasteiger partial charge in [-0.05, 0) is 49.0 Å². The van der Waals surface area contributed by atoms with Gasteiger partial charge in [-0.1, -0.05) is 17.7 Å². The molecule has 2 aromatic carbocycles. The highest BCUT2D eigenvalue weighted by Gasteiger charge is 2.24. The van der Waals surface area contributed by atoms with Crippen LogP contribution >= 0.6 is 11.8 Å². The van der Waals surface area contributed by atoms with Gasteiger partial charge >= 0.3 is 0 Å². The molecule has 0 radical (unpaired) electrons. The molecule has 0 spiro atoms. The highest BCUT2D eigenvalue weighted by atomic mass is 32.2. The number of nitrogens with one attached hydrogen (secondary N) is 1. The van der Waals surface area contributed by atoms with E-state index in [4.69, 9.17) is 0 Å². The van der Waals surface area contributed by atoms with Crippen molar-refractivity contribution in [3.63, 3.8) is 0 Å². The van der Waals surface area contributed by atoms with E-state index in [2.05, 4.69) is 10.3 Å². The van der Waals surface area contributed by atoms with E-state index >= 15 is 0 Å². The maximum absolute atomic E-state index is 13.7. The Morgan fingerprint density at radius 2 is 1.87 bits per heavy atom. The molecule has 0 atom stereocenters. The van der Waals surface area contributed by atoms with Gasteiger partial charge in [0, 0.05) is 11.6 Å². The van der Waals surface area contributed by atoms with Gasteiger partial charge < -0.3 is 5.32 Å². The lowest BCUT2D eigenvalue weighted by Crippen LogP contribution is -2.19. The van der Waals surface area contributed by atoms with E-state index in [1.807, 2.05) is 31.2 Å². The number of aliphatic imine (C=N–C) groups is 1. The second kappa shape index (κ2) is 6.34. The van der Waals surface area contributed by atoms with Crippen LogP contribution in [0.3, 0.4) is 0 Å². The first-order chi connectivity index (χ1) is 11.0. The van der Waals surface area contributed by atoms with Crippen molar-refractivity contribution in [3.05, 3.63) is 70.1 Å². The second-order valence-electron chi connectivity index (χ2n) is 4.98. The number of halogens is 2. The largest absolute Gasteiger partial charge is 0.300 e. The molecule has 1 N–H and O–H groups in total.